The summed E-state index contributed by atoms with van der Waals surface area (Å²) in [6, 6.07) is 21.2. The summed E-state index contributed by atoms with van der Waals surface area (Å²) >= 11 is 1.48. The van der Waals surface area contributed by atoms with E-state index < -0.39 is 0 Å². The van der Waals surface area contributed by atoms with E-state index in [0.29, 0.717) is 28.3 Å². The molecule has 0 unspecified atom stereocenters. The minimum absolute atomic E-state index is 0.0676. The largest absolute Gasteiger partial charge is 0.322 e. The summed E-state index contributed by atoms with van der Waals surface area (Å²) in [7, 11) is 0. The summed E-state index contributed by atoms with van der Waals surface area (Å²) in [6.07, 6.45) is 0. The SMILES string of the molecule is Cc1ccc(N2C(=O)CS[C@@H]2c2cccc(NC(=O)c3ccccc3)c2)cc1F. The molecular weight excluding hydrogens is 387 g/mol. The van der Waals surface area contributed by atoms with E-state index in [1.54, 1.807) is 36.1 Å². The maximum absolute atomic E-state index is 14.1. The highest BCUT2D eigenvalue weighted by Gasteiger charge is 2.34. The van der Waals surface area contributed by atoms with Crippen LogP contribution in [0.15, 0.2) is 72.8 Å². The zero-order valence-corrected chi connectivity index (χ0v) is 16.6. The third-order valence-electron chi connectivity index (χ3n) is 4.77. The number of nitrogens with zero attached hydrogens (tertiary/aromatic N) is 1. The summed E-state index contributed by atoms with van der Waals surface area (Å²) < 4.78 is 14.1. The Kier molecular flexibility index (Phi) is 5.36. The summed E-state index contributed by atoms with van der Waals surface area (Å²) in [6.45, 7) is 1.69. The van der Waals surface area contributed by atoms with Crippen molar-refractivity contribution in [3.8, 4) is 0 Å². The van der Waals surface area contributed by atoms with Gasteiger partial charge >= 0.3 is 0 Å². The molecule has 0 spiro atoms. The number of hydrogen-bond donors (Lipinski definition) is 1. The molecule has 0 saturated carbocycles. The van der Waals surface area contributed by atoms with E-state index in [0.717, 1.165) is 5.56 Å². The summed E-state index contributed by atoms with van der Waals surface area (Å²) in [5.41, 5.74) is 3.15. The van der Waals surface area contributed by atoms with E-state index in [2.05, 4.69) is 5.32 Å². The Morgan fingerprint density at radius 2 is 1.86 bits per heavy atom. The van der Waals surface area contributed by atoms with Crippen molar-refractivity contribution in [3.63, 3.8) is 0 Å². The normalized spacial score (nSPS) is 16.1. The first-order valence-corrected chi connectivity index (χ1v) is 10.2. The lowest BCUT2D eigenvalue weighted by atomic mass is 10.1. The van der Waals surface area contributed by atoms with Gasteiger partial charge in [-0.1, -0.05) is 36.4 Å². The molecule has 146 valence electrons. The smallest absolute Gasteiger partial charge is 0.255 e. The van der Waals surface area contributed by atoms with E-state index in [-0.39, 0.29) is 23.0 Å². The lowest BCUT2D eigenvalue weighted by molar-refractivity contribution is -0.115. The molecule has 1 fully saturated rings. The van der Waals surface area contributed by atoms with Gasteiger partial charge in [0.05, 0.1) is 5.75 Å². The molecule has 4 rings (SSSR count). The van der Waals surface area contributed by atoms with Crippen LogP contribution in [0, 0.1) is 12.7 Å². The van der Waals surface area contributed by atoms with Gasteiger partial charge in [-0.2, -0.15) is 0 Å². The van der Waals surface area contributed by atoms with Gasteiger partial charge in [0.2, 0.25) is 5.91 Å². The quantitative estimate of drug-likeness (QED) is 0.651. The minimum Gasteiger partial charge on any atom is -0.322 e. The van der Waals surface area contributed by atoms with E-state index in [4.69, 9.17) is 0 Å². The lowest BCUT2D eigenvalue weighted by Gasteiger charge is -2.25. The summed E-state index contributed by atoms with van der Waals surface area (Å²) in [4.78, 5) is 26.6. The van der Waals surface area contributed by atoms with Crippen LogP contribution in [0.4, 0.5) is 15.8 Å². The van der Waals surface area contributed by atoms with Crippen molar-refractivity contribution in [2.24, 2.45) is 0 Å². The van der Waals surface area contributed by atoms with Gasteiger partial charge in [-0.25, -0.2) is 4.39 Å². The third kappa shape index (κ3) is 4.03. The predicted molar refractivity (Wildman–Crippen MR) is 115 cm³/mol. The van der Waals surface area contributed by atoms with Gasteiger partial charge in [0, 0.05) is 16.9 Å². The first kappa shape index (κ1) is 19.2. The van der Waals surface area contributed by atoms with Crippen molar-refractivity contribution in [1.82, 2.24) is 0 Å². The molecule has 0 aromatic heterocycles. The Morgan fingerprint density at radius 3 is 2.62 bits per heavy atom. The number of benzene rings is 3. The minimum atomic E-state index is -0.338. The molecule has 1 aliphatic heterocycles. The van der Waals surface area contributed by atoms with Gasteiger partial charge in [-0.3, -0.25) is 14.5 Å². The van der Waals surface area contributed by atoms with Crippen molar-refractivity contribution in [1.29, 1.82) is 0 Å². The monoisotopic (exact) mass is 406 g/mol. The van der Waals surface area contributed by atoms with Crippen LogP contribution in [-0.2, 0) is 4.79 Å². The van der Waals surface area contributed by atoms with Gasteiger partial charge < -0.3 is 5.32 Å². The highest BCUT2D eigenvalue weighted by atomic mass is 32.2. The van der Waals surface area contributed by atoms with E-state index >= 15 is 0 Å². The maximum atomic E-state index is 14.1. The molecule has 3 aromatic carbocycles. The van der Waals surface area contributed by atoms with Crippen LogP contribution >= 0.6 is 11.8 Å². The van der Waals surface area contributed by atoms with Crippen LogP contribution in [0.25, 0.3) is 0 Å². The zero-order valence-electron chi connectivity index (χ0n) is 15.8. The van der Waals surface area contributed by atoms with Gasteiger partial charge in [0.25, 0.3) is 5.91 Å². The molecule has 0 bridgehead atoms. The summed E-state index contributed by atoms with van der Waals surface area (Å²) in [5.74, 6) is -0.284. The van der Waals surface area contributed by atoms with Crippen LogP contribution in [-0.4, -0.2) is 17.6 Å². The average molecular weight is 406 g/mol. The lowest BCUT2D eigenvalue weighted by Crippen LogP contribution is -2.28. The number of carbonyl (C=O) groups excluding carboxylic acids is 2. The Bertz CT molecular complexity index is 1070. The second-order valence-electron chi connectivity index (χ2n) is 6.81. The number of aryl methyl sites for hydroxylation is 1. The molecular formula is C23H19FN2O2S. The molecule has 1 atom stereocenters. The van der Waals surface area contributed by atoms with Crippen molar-refractivity contribution < 1.29 is 14.0 Å². The van der Waals surface area contributed by atoms with E-state index in [1.807, 2.05) is 42.5 Å². The Morgan fingerprint density at radius 1 is 1.07 bits per heavy atom. The Hall–Kier alpha value is -3.12. The first-order chi connectivity index (χ1) is 14.0. The Balaban J connectivity index is 1.60. The highest BCUT2D eigenvalue weighted by Crippen LogP contribution is 2.42. The highest BCUT2D eigenvalue weighted by molar-refractivity contribution is 8.00. The molecule has 29 heavy (non-hydrogen) atoms. The van der Waals surface area contributed by atoms with E-state index in [1.165, 1.54) is 17.8 Å². The number of hydrogen-bond acceptors (Lipinski definition) is 3. The van der Waals surface area contributed by atoms with Crippen LogP contribution in [0.3, 0.4) is 0 Å². The first-order valence-electron chi connectivity index (χ1n) is 9.19. The number of nitrogens with one attached hydrogen (secondary N) is 1. The molecule has 1 heterocycles. The fraction of sp³-hybridized carbons (Fsp3) is 0.130. The second kappa shape index (κ2) is 8.09. The van der Waals surface area contributed by atoms with E-state index in [9.17, 15) is 14.0 Å². The topological polar surface area (TPSA) is 49.4 Å². The second-order valence-corrected chi connectivity index (χ2v) is 7.87. The third-order valence-corrected chi connectivity index (χ3v) is 5.98. The number of carbonyl (C=O) groups is 2. The molecule has 6 heteroatoms. The van der Waals surface area contributed by atoms with Crippen molar-refractivity contribution in [2.75, 3.05) is 16.0 Å². The predicted octanol–water partition coefficient (Wildman–Crippen LogP) is 5.17. The van der Waals surface area contributed by atoms with Gasteiger partial charge in [0.1, 0.15) is 11.2 Å². The number of halogens is 1. The van der Waals surface area contributed by atoms with Crippen LogP contribution < -0.4 is 10.2 Å². The molecule has 0 radical (unpaired) electrons. The number of anilines is 2. The Labute approximate surface area is 172 Å². The van der Waals surface area contributed by atoms with Crippen molar-refractivity contribution in [3.05, 3.63) is 95.3 Å². The maximum Gasteiger partial charge on any atom is 0.255 e. The van der Waals surface area contributed by atoms with Crippen LogP contribution in [0.5, 0.6) is 0 Å². The molecule has 1 N–H and O–H groups in total. The van der Waals surface area contributed by atoms with Gasteiger partial charge in [-0.15, -0.1) is 11.8 Å². The van der Waals surface area contributed by atoms with Gasteiger partial charge in [-0.05, 0) is 54.4 Å². The van der Waals surface area contributed by atoms with Gasteiger partial charge in [0.15, 0.2) is 0 Å². The average Bonchev–Trinajstić information content (AvgIpc) is 3.12. The molecule has 1 aliphatic rings. The van der Waals surface area contributed by atoms with Crippen molar-refractivity contribution >= 4 is 35.0 Å². The van der Waals surface area contributed by atoms with Crippen LogP contribution in [0.1, 0.15) is 26.9 Å². The number of thioether (sulfide) groups is 1. The number of amides is 2. The van der Waals surface area contributed by atoms with Crippen molar-refractivity contribution in [2.45, 2.75) is 12.3 Å². The zero-order chi connectivity index (χ0) is 20.4. The fourth-order valence-corrected chi connectivity index (χ4v) is 4.41. The molecule has 4 nitrogen and oxygen atoms in total. The molecule has 1 saturated heterocycles. The number of rotatable bonds is 4. The molecule has 2 amide bonds. The fourth-order valence-electron chi connectivity index (χ4n) is 3.24. The summed E-state index contributed by atoms with van der Waals surface area (Å²) in [5, 5.41) is 2.61. The molecule has 0 aliphatic carbocycles. The van der Waals surface area contributed by atoms with Crippen LogP contribution in [0.2, 0.25) is 0 Å². The standard InChI is InChI=1S/C23H19FN2O2S/c1-15-10-11-19(13-20(15)24)26-21(27)14-29-23(26)17-8-5-9-18(12-17)25-22(28)16-6-3-2-4-7-16/h2-13,23H,14H2,1H3,(H,25,28)/t23-/m1/s1. The molecule has 3 aromatic rings.